The van der Waals surface area contributed by atoms with Crippen LogP contribution in [0, 0.1) is 0 Å². The first-order chi connectivity index (χ1) is 6.69. The molecular formula is C9H13N3O2. The smallest absolute Gasteiger partial charge is 0.356 e. The predicted molar refractivity (Wildman–Crippen MR) is 52.7 cm³/mol. The van der Waals surface area contributed by atoms with Crippen LogP contribution in [0.25, 0.3) is 0 Å². The van der Waals surface area contributed by atoms with Gasteiger partial charge < -0.3 is 4.74 Å². The fourth-order valence-corrected chi connectivity index (χ4v) is 0.935. The molecule has 0 bridgehead atoms. The third-order valence-corrected chi connectivity index (χ3v) is 1.78. The highest BCUT2D eigenvalue weighted by atomic mass is 16.5. The van der Waals surface area contributed by atoms with Crippen LogP contribution in [0.1, 0.15) is 30.0 Å². The van der Waals surface area contributed by atoms with E-state index in [4.69, 9.17) is 4.74 Å². The molecule has 5 heteroatoms. The van der Waals surface area contributed by atoms with Gasteiger partial charge in [-0.05, 0) is 19.9 Å². The lowest BCUT2D eigenvalue weighted by Crippen LogP contribution is -2.04. The number of carbonyl (C=O) groups excluding carboxylic acids is 1. The van der Waals surface area contributed by atoms with Crippen molar-refractivity contribution in [3.05, 3.63) is 17.5 Å². The van der Waals surface area contributed by atoms with Crippen molar-refractivity contribution >= 4 is 11.7 Å². The molecule has 1 heterocycles. The van der Waals surface area contributed by atoms with Crippen LogP contribution in [0.15, 0.2) is 11.1 Å². The van der Waals surface area contributed by atoms with Gasteiger partial charge in [-0.15, -0.1) is 0 Å². The van der Waals surface area contributed by atoms with Crippen molar-refractivity contribution in [2.45, 2.75) is 13.8 Å². The highest BCUT2D eigenvalue weighted by Crippen LogP contribution is 2.02. The number of carbonyl (C=O) groups is 1. The first-order valence-corrected chi connectivity index (χ1v) is 4.35. The van der Waals surface area contributed by atoms with E-state index in [1.54, 1.807) is 20.0 Å². The number of rotatable bonds is 3. The van der Waals surface area contributed by atoms with Crippen LogP contribution < -0.4 is 0 Å². The summed E-state index contributed by atoms with van der Waals surface area (Å²) < 4.78 is 4.80. The number of hydrogen-bond acceptors (Lipinski definition) is 4. The molecule has 0 aliphatic heterocycles. The summed E-state index contributed by atoms with van der Waals surface area (Å²) in [6.45, 7) is 3.94. The molecule has 0 saturated carbocycles. The number of nitrogens with one attached hydrogen (secondary N) is 1. The summed E-state index contributed by atoms with van der Waals surface area (Å²) in [6.07, 6.45) is 0. The third-order valence-electron chi connectivity index (χ3n) is 1.78. The Hall–Kier alpha value is -1.65. The van der Waals surface area contributed by atoms with Gasteiger partial charge in [0.1, 0.15) is 11.4 Å². The third kappa shape index (κ3) is 2.18. The summed E-state index contributed by atoms with van der Waals surface area (Å²) >= 11 is 0. The monoisotopic (exact) mass is 195 g/mol. The van der Waals surface area contributed by atoms with Gasteiger partial charge in [-0.25, -0.2) is 4.79 Å². The van der Waals surface area contributed by atoms with E-state index in [2.05, 4.69) is 15.2 Å². The molecule has 1 aromatic rings. The van der Waals surface area contributed by atoms with Gasteiger partial charge >= 0.3 is 5.97 Å². The molecule has 76 valence electrons. The summed E-state index contributed by atoms with van der Waals surface area (Å²) in [5.41, 5.74) is 1.79. The second kappa shape index (κ2) is 4.55. The van der Waals surface area contributed by atoms with Gasteiger partial charge in [0, 0.05) is 7.05 Å². The van der Waals surface area contributed by atoms with Crippen molar-refractivity contribution in [2.75, 3.05) is 13.7 Å². The SMILES string of the molecule is CCOC(=O)c1cc(/C(C)=N\C)n[nH]1. The highest BCUT2D eigenvalue weighted by molar-refractivity contribution is 5.99. The largest absolute Gasteiger partial charge is 0.461 e. The maximum atomic E-state index is 11.2. The van der Waals surface area contributed by atoms with Crippen LogP contribution in [0.4, 0.5) is 0 Å². The molecule has 1 N–H and O–H groups in total. The number of aromatic nitrogens is 2. The van der Waals surface area contributed by atoms with Crippen LogP contribution >= 0.6 is 0 Å². The maximum absolute atomic E-state index is 11.2. The van der Waals surface area contributed by atoms with Crippen LogP contribution in [-0.2, 0) is 4.74 Å². The van der Waals surface area contributed by atoms with E-state index in [9.17, 15) is 4.79 Å². The minimum absolute atomic E-state index is 0.352. The summed E-state index contributed by atoms with van der Waals surface area (Å²) in [5.74, 6) is -0.393. The molecule has 1 aromatic heterocycles. The number of esters is 1. The van der Waals surface area contributed by atoms with E-state index in [-0.39, 0.29) is 0 Å². The van der Waals surface area contributed by atoms with Gasteiger partial charge in [0.2, 0.25) is 0 Å². The van der Waals surface area contributed by atoms with Crippen LogP contribution in [0.5, 0.6) is 0 Å². The average Bonchev–Trinajstić information content (AvgIpc) is 2.66. The van der Waals surface area contributed by atoms with Crippen molar-refractivity contribution in [1.82, 2.24) is 10.2 Å². The van der Waals surface area contributed by atoms with E-state index in [1.165, 1.54) is 0 Å². The summed E-state index contributed by atoms with van der Waals surface area (Å²) in [4.78, 5) is 15.2. The molecule has 0 radical (unpaired) electrons. The van der Waals surface area contributed by atoms with E-state index >= 15 is 0 Å². The minimum atomic E-state index is -0.393. The number of ether oxygens (including phenoxy) is 1. The van der Waals surface area contributed by atoms with E-state index in [0.29, 0.717) is 18.0 Å². The fourth-order valence-electron chi connectivity index (χ4n) is 0.935. The lowest BCUT2D eigenvalue weighted by atomic mass is 10.3. The Balaban J connectivity index is 2.83. The molecule has 5 nitrogen and oxygen atoms in total. The topological polar surface area (TPSA) is 67.3 Å². The number of H-pyrrole nitrogens is 1. The number of aliphatic imine (C=N–C) groups is 1. The molecule has 0 aliphatic carbocycles. The van der Waals surface area contributed by atoms with Crippen LogP contribution in [0.3, 0.4) is 0 Å². The standard InChI is InChI=1S/C9H13N3O2/c1-4-14-9(13)8-5-7(11-12-8)6(2)10-3/h5H,4H2,1-3H3,(H,11,12)/b10-6-. The van der Waals surface area contributed by atoms with Crippen molar-refractivity contribution in [1.29, 1.82) is 0 Å². The minimum Gasteiger partial charge on any atom is -0.461 e. The van der Waals surface area contributed by atoms with E-state index in [0.717, 1.165) is 5.71 Å². The second-order valence-corrected chi connectivity index (χ2v) is 2.70. The molecule has 0 spiro atoms. The Labute approximate surface area is 82.2 Å². The van der Waals surface area contributed by atoms with Crippen molar-refractivity contribution in [3.63, 3.8) is 0 Å². The number of nitrogens with zero attached hydrogens (tertiary/aromatic N) is 2. The summed E-state index contributed by atoms with van der Waals surface area (Å²) in [5, 5.41) is 6.53. The zero-order chi connectivity index (χ0) is 10.6. The second-order valence-electron chi connectivity index (χ2n) is 2.70. The fraction of sp³-hybridized carbons (Fsp3) is 0.444. The van der Waals surface area contributed by atoms with Crippen LogP contribution in [0.2, 0.25) is 0 Å². The van der Waals surface area contributed by atoms with E-state index in [1.807, 2.05) is 6.92 Å². The van der Waals surface area contributed by atoms with E-state index < -0.39 is 5.97 Å². The zero-order valence-corrected chi connectivity index (χ0v) is 8.50. The number of aromatic amines is 1. The highest BCUT2D eigenvalue weighted by Gasteiger charge is 2.11. The lowest BCUT2D eigenvalue weighted by Gasteiger charge is -1.95. The van der Waals surface area contributed by atoms with Gasteiger partial charge in [0.15, 0.2) is 0 Å². The number of hydrogen-bond donors (Lipinski definition) is 1. The van der Waals surface area contributed by atoms with Gasteiger partial charge in [0.05, 0.1) is 12.3 Å². The molecular weight excluding hydrogens is 182 g/mol. The first kappa shape index (κ1) is 10.4. The van der Waals surface area contributed by atoms with Gasteiger partial charge in [-0.1, -0.05) is 0 Å². The molecule has 0 unspecified atom stereocenters. The average molecular weight is 195 g/mol. The lowest BCUT2D eigenvalue weighted by molar-refractivity contribution is 0.0519. The Morgan fingerprint density at radius 2 is 2.43 bits per heavy atom. The Bertz CT molecular complexity index is 355. The quantitative estimate of drug-likeness (QED) is 0.578. The van der Waals surface area contributed by atoms with Crippen molar-refractivity contribution in [3.8, 4) is 0 Å². The van der Waals surface area contributed by atoms with Gasteiger partial charge in [-0.3, -0.25) is 10.1 Å². The van der Waals surface area contributed by atoms with Gasteiger partial charge in [0.25, 0.3) is 0 Å². The van der Waals surface area contributed by atoms with Crippen LogP contribution in [-0.4, -0.2) is 35.5 Å². The van der Waals surface area contributed by atoms with Crippen molar-refractivity contribution in [2.24, 2.45) is 4.99 Å². The first-order valence-electron chi connectivity index (χ1n) is 4.35. The Kier molecular flexibility index (Phi) is 3.39. The molecule has 1 rings (SSSR count). The summed E-state index contributed by atoms with van der Waals surface area (Å²) in [7, 11) is 1.67. The molecule has 0 amide bonds. The van der Waals surface area contributed by atoms with Gasteiger partial charge in [-0.2, -0.15) is 5.10 Å². The molecule has 0 saturated heterocycles. The molecule has 0 atom stereocenters. The molecule has 0 aliphatic rings. The maximum Gasteiger partial charge on any atom is 0.356 e. The normalized spacial score (nSPS) is 11.5. The molecule has 14 heavy (non-hydrogen) atoms. The zero-order valence-electron chi connectivity index (χ0n) is 8.50. The molecule has 0 fully saturated rings. The Morgan fingerprint density at radius 3 is 3.00 bits per heavy atom. The Morgan fingerprint density at radius 1 is 1.71 bits per heavy atom. The van der Waals surface area contributed by atoms with Crippen molar-refractivity contribution < 1.29 is 9.53 Å². The molecule has 0 aromatic carbocycles. The predicted octanol–water partition coefficient (Wildman–Crippen LogP) is 1.03. The summed E-state index contributed by atoms with van der Waals surface area (Å²) in [6, 6.07) is 1.63.